The molecule has 0 saturated heterocycles. The van der Waals surface area contributed by atoms with E-state index in [0.29, 0.717) is 29.8 Å². The molecule has 2 heterocycles. The van der Waals surface area contributed by atoms with Crippen LogP contribution >= 0.6 is 11.3 Å². The average Bonchev–Trinajstić information content (AvgIpc) is 3.12. The summed E-state index contributed by atoms with van der Waals surface area (Å²) in [7, 11) is 1.59. The normalized spacial score (nSPS) is 10.9. The van der Waals surface area contributed by atoms with Crippen molar-refractivity contribution in [3.05, 3.63) is 98.5 Å². The van der Waals surface area contributed by atoms with E-state index in [1.54, 1.807) is 30.0 Å². The van der Waals surface area contributed by atoms with E-state index in [-0.39, 0.29) is 17.3 Å². The van der Waals surface area contributed by atoms with Gasteiger partial charge in [-0.1, -0.05) is 24.3 Å². The number of hydrogen-bond acceptors (Lipinski definition) is 4. The molecule has 5 nitrogen and oxygen atoms in total. The van der Waals surface area contributed by atoms with E-state index in [0.717, 1.165) is 20.7 Å². The maximum absolute atomic E-state index is 13.2. The number of carbonyl (C=O) groups is 1. The summed E-state index contributed by atoms with van der Waals surface area (Å²) in [4.78, 5) is 27.0. The van der Waals surface area contributed by atoms with Crippen LogP contribution in [0.3, 0.4) is 0 Å². The Hall–Kier alpha value is -3.45. The maximum Gasteiger partial charge on any atom is 0.260 e. The number of carbonyl (C=O) groups excluding carboxylic acids is 1. The number of halogens is 1. The van der Waals surface area contributed by atoms with E-state index in [1.807, 2.05) is 37.3 Å². The van der Waals surface area contributed by atoms with Crippen molar-refractivity contribution in [2.75, 3.05) is 7.11 Å². The summed E-state index contributed by atoms with van der Waals surface area (Å²) in [5.74, 6) is 0.103. The molecule has 1 N–H and O–H groups in total. The van der Waals surface area contributed by atoms with Crippen LogP contribution in [0, 0.1) is 12.7 Å². The van der Waals surface area contributed by atoms with Crippen LogP contribution in [0.25, 0.3) is 10.1 Å². The molecule has 0 spiro atoms. The number of amides is 1. The largest absolute Gasteiger partial charge is 0.497 e. The lowest BCUT2D eigenvalue weighted by molar-refractivity contribution is 0.0952. The number of aromatic nitrogens is 1. The van der Waals surface area contributed by atoms with Crippen LogP contribution < -0.4 is 15.6 Å². The molecule has 31 heavy (non-hydrogen) atoms. The van der Waals surface area contributed by atoms with E-state index in [9.17, 15) is 14.0 Å². The summed E-state index contributed by atoms with van der Waals surface area (Å²) in [5.41, 5.74) is 1.87. The van der Waals surface area contributed by atoms with Crippen LogP contribution in [0.4, 0.5) is 4.39 Å². The highest BCUT2D eigenvalue weighted by atomic mass is 32.1. The van der Waals surface area contributed by atoms with Gasteiger partial charge in [-0.3, -0.25) is 9.59 Å². The number of fused-ring (bicyclic) bond motifs is 1. The maximum atomic E-state index is 13.2. The zero-order valence-electron chi connectivity index (χ0n) is 17.1. The molecule has 0 saturated carbocycles. The van der Waals surface area contributed by atoms with E-state index in [4.69, 9.17) is 4.74 Å². The molecule has 158 valence electrons. The van der Waals surface area contributed by atoms with Gasteiger partial charge in [0, 0.05) is 22.3 Å². The quantitative estimate of drug-likeness (QED) is 0.484. The van der Waals surface area contributed by atoms with Gasteiger partial charge in [0.2, 0.25) is 0 Å². The molecule has 4 aromatic rings. The summed E-state index contributed by atoms with van der Waals surface area (Å²) in [6.45, 7) is 2.47. The molecule has 0 aliphatic carbocycles. The number of nitrogens with zero attached hydrogens (tertiary/aromatic N) is 1. The number of rotatable bonds is 6. The molecular weight excluding hydrogens is 415 g/mol. The van der Waals surface area contributed by atoms with Crippen molar-refractivity contribution in [3.63, 3.8) is 0 Å². The molecule has 0 bridgehead atoms. The Morgan fingerprint density at radius 1 is 1.13 bits per heavy atom. The number of aryl methyl sites for hydroxylation is 1. The second-order valence-corrected chi connectivity index (χ2v) is 8.44. The standard InChI is InChI=1S/C24H21FN2O3S/c1-15-21(23(28)26-13-17-4-3-5-19(12-17)30-2)22-20(31-15)10-11-27(24(22)29)14-16-6-8-18(25)9-7-16/h3-12H,13-14H2,1-2H3,(H,26,28). The molecule has 1 amide bonds. The molecule has 2 aromatic heterocycles. The van der Waals surface area contributed by atoms with Crippen LogP contribution in [0.1, 0.15) is 26.4 Å². The monoisotopic (exact) mass is 436 g/mol. The number of benzene rings is 2. The molecule has 7 heteroatoms. The topological polar surface area (TPSA) is 60.3 Å². The van der Waals surface area contributed by atoms with Crippen LogP contribution in [-0.4, -0.2) is 17.6 Å². The smallest absolute Gasteiger partial charge is 0.260 e. The third kappa shape index (κ3) is 4.36. The van der Waals surface area contributed by atoms with Crippen LogP contribution in [0.5, 0.6) is 5.75 Å². The Bertz CT molecular complexity index is 1310. The minimum atomic E-state index is -0.324. The first-order chi connectivity index (χ1) is 15.0. The molecule has 0 aliphatic rings. The van der Waals surface area contributed by atoms with Gasteiger partial charge < -0.3 is 14.6 Å². The fourth-order valence-corrected chi connectivity index (χ4v) is 4.55. The third-order valence-electron chi connectivity index (χ3n) is 5.07. The fourth-order valence-electron chi connectivity index (χ4n) is 3.50. The highest BCUT2D eigenvalue weighted by molar-refractivity contribution is 7.19. The Morgan fingerprint density at radius 2 is 1.90 bits per heavy atom. The zero-order valence-corrected chi connectivity index (χ0v) is 18.0. The first kappa shape index (κ1) is 20.8. The van der Waals surface area contributed by atoms with E-state index in [1.165, 1.54) is 23.5 Å². The summed E-state index contributed by atoms with van der Waals surface area (Å²) in [6.07, 6.45) is 1.71. The number of ether oxygens (including phenoxy) is 1. The molecule has 0 atom stereocenters. The molecule has 4 rings (SSSR count). The van der Waals surface area contributed by atoms with Gasteiger partial charge in [-0.25, -0.2) is 4.39 Å². The Balaban J connectivity index is 1.63. The minimum Gasteiger partial charge on any atom is -0.497 e. The number of thiophene rings is 1. The number of hydrogen-bond donors (Lipinski definition) is 1. The minimum absolute atomic E-state index is 0.238. The highest BCUT2D eigenvalue weighted by Gasteiger charge is 2.20. The predicted octanol–water partition coefficient (Wildman–Crippen LogP) is 4.50. The van der Waals surface area contributed by atoms with Crippen molar-refractivity contribution >= 4 is 27.3 Å². The Morgan fingerprint density at radius 3 is 2.65 bits per heavy atom. The van der Waals surface area contributed by atoms with Crippen molar-refractivity contribution in [1.82, 2.24) is 9.88 Å². The number of pyridine rings is 1. The van der Waals surface area contributed by atoms with Gasteiger partial charge in [0.05, 0.1) is 24.6 Å². The number of nitrogens with one attached hydrogen (secondary N) is 1. The van der Waals surface area contributed by atoms with Crippen LogP contribution in [0.15, 0.2) is 65.6 Å². The molecular formula is C24H21FN2O3S. The van der Waals surface area contributed by atoms with Gasteiger partial charge in [0.1, 0.15) is 11.6 Å². The molecule has 0 aliphatic heterocycles. The summed E-state index contributed by atoms with van der Waals surface area (Å²) >= 11 is 1.42. The van der Waals surface area contributed by atoms with E-state index in [2.05, 4.69) is 5.32 Å². The zero-order chi connectivity index (χ0) is 22.0. The second kappa shape index (κ2) is 8.73. The average molecular weight is 437 g/mol. The highest BCUT2D eigenvalue weighted by Crippen LogP contribution is 2.28. The van der Waals surface area contributed by atoms with Crippen molar-refractivity contribution in [2.45, 2.75) is 20.0 Å². The van der Waals surface area contributed by atoms with Crippen molar-refractivity contribution < 1.29 is 13.9 Å². The van der Waals surface area contributed by atoms with Gasteiger partial charge in [0.25, 0.3) is 11.5 Å². The fraction of sp³-hybridized carbons (Fsp3) is 0.167. The van der Waals surface area contributed by atoms with Crippen molar-refractivity contribution in [2.24, 2.45) is 0 Å². The molecule has 2 aromatic carbocycles. The van der Waals surface area contributed by atoms with Gasteiger partial charge in [-0.05, 0) is 48.4 Å². The summed E-state index contributed by atoms with van der Waals surface area (Å²) in [5, 5.41) is 3.32. The number of methoxy groups -OCH3 is 1. The van der Waals surface area contributed by atoms with Crippen LogP contribution in [-0.2, 0) is 13.1 Å². The molecule has 0 unspecified atom stereocenters. The van der Waals surface area contributed by atoms with Gasteiger partial charge in [-0.15, -0.1) is 11.3 Å². The third-order valence-corrected chi connectivity index (χ3v) is 6.14. The van der Waals surface area contributed by atoms with E-state index < -0.39 is 0 Å². The Labute approximate surface area is 182 Å². The summed E-state index contributed by atoms with van der Waals surface area (Å²) in [6, 6.07) is 15.3. The van der Waals surface area contributed by atoms with Crippen molar-refractivity contribution in [1.29, 1.82) is 0 Å². The predicted molar refractivity (Wildman–Crippen MR) is 120 cm³/mol. The Kier molecular flexibility index (Phi) is 5.86. The first-order valence-electron chi connectivity index (χ1n) is 9.74. The van der Waals surface area contributed by atoms with E-state index >= 15 is 0 Å². The molecule has 0 fully saturated rings. The van der Waals surface area contributed by atoms with Crippen molar-refractivity contribution in [3.8, 4) is 5.75 Å². The lowest BCUT2D eigenvalue weighted by Gasteiger charge is -2.09. The summed E-state index contributed by atoms with van der Waals surface area (Å²) < 4.78 is 20.7. The SMILES string of the molecule is COc1cccc(CNC(=O)c2c(C)sc3ccn(Cc4ccc(F)cc4)c(=O)c23)c1. The second-order valence-electron chi connectivity index (χ2n) is 7.18. The lowest BCUT2D eigenvalue weighted by atomic mass is 10.1. The van der Waals surface area contributed by atoms with Gasteiger partial charge >= 0.3 is 0 Å². The molecule has 0 radical (unpaired) electrons. The first-order valence-corrected chi connectivity index (χ1v) is 10.6. The van der Waals surface area contributed by atoms with Gasteiger partial charge in [0.15, 0.2) is 0 Å². The van der Waals surface area contributed by atoms with Gasteiger partial charge in [-0.2, -0.15) is 0 Å². The van der Waals surface area contributed by atoms with Crippen LogP contribution in [0.2, 0.25) is 0 Å². The lowest BCUT2D eigenvalue weighted by Crippen LogP contribution is -2.26.